The summed E-state index contributed by atoms with van der Waals surface area (Å²) in [7, 11) is 0. The van der Waals surface area contributed by atoms with Crippen molar-refractivity contribution in [2.45, 2.75) is 19.3 Å². The van der Waals surface area contributed by atoms with E-state index in [2.05, 4.69) is 10.2 Å². The number of likely N-dealkylation sites (tertiary alicyclic amines) is 1. The van der Waals surface area contributed by atoms with Crippen LogP contribution >= 0.6 is 0 Å². The van der Waals surface area contributed by atoms with Gasteiger partial charge in [0.2, 0.25) is 0 Å². The Morgan fingerprint density at radius 2 is 2.21 bits per heavy atom. The number of ether oxygens (including phenoxy) is 2. The third kappa shape index (κ3) is 2.96. The van der Waals surface area contributed by atoms with Gasteiger partial charge in [0.05, 0.1) is 5.56 Å². The number of fused-ring (bicyclic) bond motifs is 1. The summed E-state index contributed by atoms with van der Waals surface area (Å²) in [5, 5.41) is 7.01. The minimum atomic E-state index is 0.0339. The Bertz CT molecular complexity index is 714. The first-order chi connectivity index (χ1) is 11.8. The van der Waals surface area contributed by atoms with Gasteiger partial charge in [0.25, 0.3) is 5.91 Å². The Balaban J connectivity index is 1.50. The number of piperidine rings is 1. The fourth-order valence-electron chi connectivity index (χ4n) is 3.54. The molecule has 0 unspecified atom stereocenters. The predicted molar refractivity (Wildman–Crippen MR) is 88.4 cm³/mol. The summed E-state index contributed by atoms with van der Waals surface area (Å²) >= 11 is 0. The smallest absolute Gasteiger partial charge is 0.257 e. The molecule has 2 aliphatic rings. The van der Waals surface area contributed by atoms with Gasteiger partial charge in [-0.05, 0) is 43.4 Å². The zero-order valence-corrected chi connectivity index (χ0v) is 13.5. The number of hydrogen-bond acceptors (Lipinski definition) is 4. The average molecular weight is 327 g/mol. The minimum absolute atomic E-state index is 0.0339. The molecule has 0 radical (unpaired) electrons. The average Bonchev–Trinajstić information content (AvgIpc) is 3.14. The molecule has 24 heavy (non-hydrogen) atoms. The molecule has 1 amide bonds. The van der Waals surface area contributed by atoms with Gasteiger partial charge >= 0.3 is 0 Å². The number of aromatic amines is 1. The maximum absolute atomic E-state index is 13.0. The molecule has 6 heteroatoms. The lowest BCUT2D eigenvalue weighted by Crippen LogP contribution is -2.40. The van der Waals surface area contributed by atoms with Gasteiger partial charge in [-0.2, -0.15) is 5.10 Å². The van der Waals surface area contributed by atoms with Gasteiger partial charge in [0, 0.05) is 25.0 Å². The fourth-order valence-corrected chi connectivity index (χ4v) is 3.54. The van der Waals surface area contributed by atoms with Gasteiger partial charge in [-0.3, -0.25) is 9.89 Å². The number of carbonyl (C=O) groups excluding carboxylic acids is 1. The molecular weight excluding hydrogens is 306 g/mol. The molecule has 1 N–H and O–H groups in total. The Morgan fingerprint density at radius 3 is 3.08 bits per heavy atom. The van der Waals surface area contributed by atoms with Crippen LogP contribution in [0.15, 0.2) is 30.5 Å². The van der Waals surface area contributed by atoms with Crippen LogP contribution in [0, 0.1) is 5.92 Å². The number of hydrogen-bond donors (Lipinski definition) is 1. The SMILES string of the molecule is O=C(c1cccc2c1OCCO2)N1CCC[C@@H](Cc2ccn[nH]2)C1. The summed E-state index contributed by atoms with van der Waals surface area (Å²) < 4.78 is 11.3. The van der Waals surface area contributed by atoms with E-state index in [0.717, 1.165) is 38.0 Å². The number of H-pyrrole nitrogens is 1. The summed E-state index contributed by atoms with van der Waals surface area (Å²) in [6.07, 6.45) is 4.86. The molecule has 126 valence electrons. The quantitative estimate of drug-likeness (QED) is 0.939. The van der Waals surface area contributed by atoms with Crippen molar-refractivity contribution in [1.29, 1.82) is 0 Å². The number of carbonyl (C=O) groups is 1. The number of nitrogens with zero attached hydrogens (tertiary/aromatic N) is 2. The van der Waals surface area contributed by atoms with E-state index in [1.165, 1.54) is 0 Å². The maximum Gasteiger partial charge on any atom is 0.257 e. The van der Waals surface area contributed by atoms with E-state index in [-0.39, 0.29) is 5.91 Å². The number of aromatic nitrogens is 2. The molecule has 2 aromatic rings. The van der Waals surface area contributed by atoms with E-state index in [9.17, 15) is 4.79 Å². The first kappa shape index (κ1) is 15.1. The Hall–Kier alpha value is -2.50. The van der Waals surface area contributed by atoms with Gasteiger partial charge in [-0.1, -0.05) is 6.07 Å². The third-order valence-electron chi connectivity index (χ3n) is 4.67. The first-order valence-electron chi connectivity index (χ1n) is 8.47. The molecule has 0 aliphatic carbocycles. The molecule has 4 rings (SSSR count). The number of para-hydroxylation sites is 1. The summed E-state index contributed by atoms with van der Waals surface area (Å²) in [5.41, 5.74) is 1.73. The van der Waals surface area contributed by atoms with Crippen LogP contribution in [-0.4, -0.2) is 47.3 Å². The van der Waals surface area contributed by atoms with E-state index in [4.69, 9.17) is 9.47 Å². The van der Waals surface area contributed by atoms with Crippen molar-refractivity contribution in [3.63, 3.8) is 0 Å². The van der Waals surface area contributed by atoms with Crippen LogP contribution < -0.4 is 9.47 Å². The molecule has 1 aromatic heterocycles. The first-order valence-corrected chi connectivity index (χ1v) is 8.47. The standard InChI is InChI=1S/C18H21N3O3/c22-18(15-4-1-5-16-17(15)24-10-9-23-16)21-8-2-3-13(12-21)11-14-6-7-19-20-14/h1,4-7,13H,2-3,8-12H2,(H,19,20)/t13-/m0/s1. The van der Waals surface area contributed by atoms with E-state index in [1.807, 2.05) is 29.2 Å². The fraction of sp³-hybridized carbons (Fsp3) is 0.444. The highest BCUT2D eigenvalue weighted by atomic mass is 16.6. The molecule has 0 spiro atoms. The van der Waals surface area contributed by atoms with Crippen molar-refractivity contribution in [2.24, 2.45) is 5.92 Å². The third-order valence-corrected chi connectivity index (χ3v) is 4.67. The normalized spacial score (nSPS) is 20.0. The number of amides is 1. The van der Waals surface area contributed by atoms with Gasteiger partial charge < -0.3 is 14.4 Å². The van der Waals surface area contributed by atoms with Crippen LogP contribution in [-0.2, 0) is 6.42 Å². The van der Waals surface area contributed by atoms with Crippen molar-refractivity contribution in [1.82, 2.24) is 15.1 Å². The predicted octanol–water partition coefficient (Wildman–Crippen LogP) is 2.28. The maximum atomic E-state index is 13.0. The van der Waals surface area contributed by atoms with Crippen LogP contribution in [0.5, 0.6) is 11.5 Å². The number of rotatable bonds is 3. The summed E-state index contributed by atoms with van der Waals surface area (Å²) in [4.78, 5) is 14.9. The van der Waals surface area contributed by atoms with E-state index < -0.39 is 0 Å². The Labute approximate surface area is 140 Å². The van der Waals surface area contributed by atoms with Crippen LogP contribution in [0.1, 0.15) is 28.9 Å². The highest BCUT2D eigenvalue weighted by molar-refractivity contribution is 5.98. The van der Waals surface area contributed by atoms with Crippen molar-refractivity contribution in [3.8, 4) is 11.5 Å². The second kappa shape index (κ2) is 6.55. The summed E-state index contributed by atoms with van der Waals surface area (Å²) in [6, 6.07) is 7.53. The molecule has 3 heterocycles. The zero-order chi connectivity index (χ0) is 16.4. The van der Waals surface area contributed by atoms with E-state index >= 15 is 0 Å². The molecule has 0 saturated carbocycles. The van der Waals surface area contributed by atoms with Gasteiger partial charge in [-0.15, -0.1) is 0 Å². The zero-order valence-electron chi connectivity index (χ0n) is 13.5. The van der Waals surface area contributed by atoms with Gasteiger partial charge in [-0.25, -0.2) is 0 Å². The molecule has 2 aliphatic heterocycles. The van der Waals surface area contributed by atoms with Crippen LogP contribution in [0.2, 0.25) is 0 Å². The molecule has 0 bridgehead atoms. The molecule has 1 fully saturated rings. The highest BCUT2D eigenvalue weighted by Gasteiger charge is 2.28. The second-order valence-corrected chi connectivity index (χ2v) is 6.38. The second-order valence-electron chi connectivity index (χ2n) is 6.38. The van der Waals surface area contributed by atoms with Crippen LogP contribution in [0.3, 0.4) is 0 Å². The van der Waals surface area contributed by atoms with Crippen molar-refractivity contribution >= 4 is 5.91 Å². The highest BCUT2D eigenvalue weighted by Crippen LogP contribution is 2.35. The summed E-state index contributed by atoms with van der Waals surface area (Å²) in [6.45, 7) is 2.57. The molecular formula is C18H21N3O3. The lowest BCUT2D eigenvalue weighted by atomic mass is 9.93. The monoisotopic (exact) mass is 327 g/mol. The van der Waals surface area contributed by atoms with Gasteiger partial charge in [0.1, 0.15) is 13.2 Å². The van der Waals surface area contributed by atoms with Crippen molar-refractivity contribution in [3.05, 3.63) is 41.7 Å². The number of benzene rings is 1. The Morgan fingerprint density at radius 1 is 1.29 bits per heavy atom. The molecule has 1 aromatic carbocycles. The number of nitrogens with one attached hydrogen (secondary N) is 1. The lowest BCUT2D eigenvalue weighted by Gasteiger charge is -2.33. The minimum Gasteiger partial charge on any atom is -0.486 e. The van der Waals surface area contributed by atoms with Crippen molar-refractivity contribution in [2.75, 3.05) is 26.3 Å². The van der Waals surface area contributed by atoms with Crippen LogP contribution in [0.4, 0.5) is 0 Å². The molecule has 1 saturated heterocycles. The molecule has 1 atom stereocenters. The van der Waals surface area contributed by atoms with Gasteiger partial charge in [0.15, 0.2) is 11.5 Å². The van der Waals surface area contributed by atoms with Crippen molar-refractivity contribution < 1.29 is 14.3 Å². The summed E-state index contributed by atoms with van der Waals surface area (Å²) in [5.74, 6) is 1.74. The van der Waals surface area contributed by atoms with Crippen LogP contribution in [0.25, 0.3) is 0 Å². The lowest BCUT2D eigenvalue weighted by molar-refractivity contribution is 0.0663. The topological polar surface area (TPSA) is 67.5 Å². The van der Waals surface area contributed by atoms with E-state index in [0.29, 0.717) is 36.2 Å². The van der Waals surface area contributed by atoms with E-state index in [1.54, 1.807) is 6.20 Å². The Kier molecular flexibility index (Phi) is 4.11. The molecule has 6 nitrogen and oxygen atoms in total. The largest absolute Gasteiger partial charge is 0.486 e.